The summed E-state index contributed by atoms with van der Waals surface area (Å²) in [4.78, 5) is 0. The number of nitrogens with two attached hydrogens (primary N) is 1. The zero-order chi connectivity index (χ0) is 14.8. The van der Waals surface area contributed by atoms with E-state index in [2.05, 4.69) is 0 Å². The number of hydrogen-bond acceptors (Lipinski definition) is 2. The van der Waals surface area contributed by atoms with E-state index < -0.39 is 5.82 Å². The van der Waals surface area contributed by atoms with Gasteiger partial charge in [0, 0.05) is 16.5 Å². The molecule has 2 N–H and O–H groups in total. The topological polar surface area (TPSA) is 35.2 Å². The van der Waals surface area contributed by atoms with E-state index in [1.165, 1.54) is 12.1 Å². The third-order valence-electron chi connectivity index (χ3n) is 3.30. The highest BCUT2D eigenvalue weighted by Crippen LogP contribution is 2.30. The second-order valence-corrected chi connectivity index (χ2v) is 5.14. The fraction of sp³-hybridized carbons (Fsp3) is 0.0588. The Hall–Kier alpha value is -2.26. The maximum Gasteiger partial charge on any atom is 0.142 e. The highest BCUT2D eigenvalue weighted by atomic mass is 35.5. The number of ether oxygens (including phenoxy) is 1. The first-order valence-electron chi connectivity index (χ1n) is 6.49. The first kappa shape index (κ1) is 13.7. The first-order valence-corrected chi connectivity index (χ1v) is 6.87. The minimum absolute atomic E-state index is 0.108. The summed E-state index contributed by atoms with van der Waals surface area (Å²) in [6, 6.07) is 16.0. The summed E-state index contributed by atoms with van der Waals surface area (Å²) >= 11 is 5.66. The SMILES string of the molecule is Nc1ccc(OCc2ccc(Cl)c(F)c2)c2ccccc12. The molecule has 2 nitrogen and oxygen atoms in total. The van der Waals surface area contributed by atoms with Gasteiger partial charge in [0.25, 0.3) is 0 Å². The standard InChI is InChI=1S/C17H13ClFNO/c18-14-6-5-11(9-15(14)19)10-21-17-8-7-16(20)12-3-1-2-4-13(12)17/h1-9H,10,20H2. The Morgan fingerprint density at radius 1 is 1.00 bits per heavy atom. The van der Waals surface area contributed by atoms with Crippen LogP contribution < -0.4 is 10.5 Å². The van der Waals surface area contributed by atoms with Crippen LogP contribution in [0.3, 0.4) is 0 Å². The summed E-state index contributed by atoms with van der Waals surface area (Å²) < 4.78 is 19.2. The van der Waals surface area contributed by atoms with Gasteiger partial charge in [0.2, 0.25) is 0 Å². The van der Waals surface area contributed by atoms with Crippen LogP contribution in [0.5, 0.6) is 5.75 Å². The molecule has 0 amide bonds. The smallest absolute Gasteiger partial charge is 0.142 e. The minimum atomic E-state index is -0.445. The van der Waals surface area contributed by atoms with Gasteiger partial charge in [0.05, 0.1) is 5.02 Å². The first-order chi connectivity index (χ1) is 10.1. The normalized spacial score (nSPS) is 10.8. The lowest BCUT2D eigenvalue weighted by atomic mass is 10.1. The lowest BCUT2D eigenvalue weighted by Crippen LogP contribution is -1.98. The molecule has 3 aromatic rings. The highest BCUT2D eigenvalue weighted by molar-refractivity contribution is 6.30. The number of benzene rings is 3. The van der Waals surface area contributed by atoms with Gasteiger partial charge in [-0.1, -0.05) is 41.9 Å². The molecule has 106 valence electrons. The third-order valence-corrected chi connectivity index (χ3v) is 3.60. The van der Waals surface area contributed by atoms with Crippen LogP contribution in [0.2, 0.25) is 5.02 Å². The van der Waals surface area contributed by atoms with E-state index in [1.54, 1.807) is 12.1 Å². The number of halogens is 2. The van der Waals surface area contributed by atoms with Crippen LogP contribution in [-0.4, -0.2) is 0 Å². The zero-order valence-electron chi connectivity index (χ0n) is 11.1. The van der Waals surface area contributed by atoms with Gasteiger partial charge in [-0.3, -0.25) is 0 Å². The van der Waals surface area contributed by atoms with Crippen LogP contribution in [0.4, 0.5) is 10.1 Å². The van der Waals surface area contributed by atoms with Gasteiger partial charge in [-0.25, -0.2) is 4.39 Å². The van der Waals surface area contributed by atoms with Crippen molar-refractivity contribution in [2.45, 2.75) is 6.61 Å². The minimum Gasteiger partial charge on any atom is -0.488 e. The molecule has 0 spiro atoms. The van der Waals surface area contributed by atoms with E-state index in [4.69, 9.17) is 22.1 Å². The molecule has 0 aliphatic heterocycles. The molecule has 0 radical (unpaired) electrons. The Balaban J connectivity index is 1.88. The van der Waals surface area contributed by atoms with Gasteiger partial charge < -0.3 is 10.5 Å². The second kappa shape index (κ2) is 5.62. The van der Waals surface area contributed by atoms with Crippen LogP contribution in [-0.2, 0) is 6.61 Å². The monoisotopic (exact) mass is 301 g/mol. The van der Waals surface area contributed by atoms with E-state index in [-0.39, 0.29) is 11.6 Å². The molecule has 0 fully saturated rings. The van der Waals surface area contributed by atoms with Crippen molar-refractivity contribution in [2.75, 3.05) is 5.73 Å². The molecule has 0 saturated heterocycles. The quantitative estimate of drug-likeness (QED) is 0.706. The average molecular weight is 302 g/mol. The molecule has 0 unspecified atom stereocenters. The van der Waals surface area contributed by atoms with Crippen molar-refractivity contribution >= 4 is 28.1 Å². The van der Waals surface area contributed by atoms with Gasteiger partial charge in [0.15, 0.2) is 0 Å². The Morgan fingerprint density at radius 2 is 1.76 bits per heavy atom. The number of nitrogen functional groups attached to an aromatic ring is 1. The summed E-state index contributed by atoms with van der Waals surface area (Å²) in [5.41, 5.74) is 7.37. The van der Waals surface area contributed by atoms with Gasteiger partial charge in [0.1, 0.15) is 18.2 Å². The Labute approximate surface area is 126 Å². The van der Waals surface area contributed by atoms with Crippen molar-refractivity contribution in [3.8, 4) is 5.75 Å². The summed E-state index contributed by atoms with van der Waals surface area (Å²) in [5, 5.41) is 1.99. The van der Waals surface area contributed by atoms with Gasteiger partial charge >= 0.3 is 0 Å². The van der Waals surface area contributed by atoms with E-state index in [1.807, 2.05) is 30.3 Å². The van der Waals surface area contributed by atoms with Crippen molar-refractivity contribution in [1.82, 2.24) is 0 Å². The largest absolute Gasteiger partial charge is 0.488 e. The van der Waals surface area contributed by atoms with Crippen molar-refractivity contribution in [3.63, 3.8) is 0 Å². The molecule has 0 bridgehead atoms. The predicted molar refractivity (Wildman–Crippen MR) is 84.1 cm³/mol. The van der Waals surface area contributed by atoms with Gasteiger partial charge in [-0.15, -0.1) is 0 Å². The van der Waals surface area contributed by atoms with Crippen molar-refractivity contribution in [1.29, 1.82) is 0 Å². The lowest BCUT2D eigenvalue weighted by molar-refractivity contribution is 0.309. The Morgan fingerprint density at radius 3 is 2.52 bits per heavy atom. The fourth-order valence-electron chi connectivity index (χ4n) is 2.21. The molecule has 21 heavy (non-hydrogen) atoms. The van der Waals surface area contributed by atoms with Crippen LogP contribution in [0.15, 0.2) is 54.6 Å². The molecule has 0 saturated carbocycles. The highest BCUT2D eigenvalue weighted by Gasteiger charge is 2.06. The second-order valence-electron chi connectivity index (χ2n) is 4.74. The van der Waals surface area contributed by atoms with Crippen LogP contribution in [0.25, 0.3) is 10.8 Å². The molecule has 0 atom stereocenters. The van der Waals surface area contributed by atoms with Gasteiger partial charge in [-0.05, 0) is 29.8 Å². The molecule has 0 aromatic heterocycles. The number of hydrogen-bond donors (Lipinski definition) is 1. The van der Waals surface area contributed by atoms with E-state index in [0.29, 0.717) is 5.69 Å². The van der Waals surface area contributed by atoms with Crippen molar-refractivity contribution in [2.24, 2.45) is 0 Å². The number of fused-ring (bicyclic) bond motifs is 1. The lowest BCUT2D eigenvalue weighted by Gasteiger charge is -2.11. The molecular formula is C17H13ClFNO. The van der Waals surface area contributed by atoms with E-state index >= 15 is 0 Å². The maximum atomic E-state index is 13.4. The van der Waals surface area contributed by atoms with Crippen molar-refractivity contribution < 1.29 is 9.13 Å². The molecule has 0 heterocycles. The number of anilines is 1. The van der Waals surface area contributed by atoms with Crippen LogP contribution in [0, 0.1) is 5.82 Å². The fourth-order valence-corrected chi connectivity index (χ4v) is 2.33. The molecule has 3 rings (SSSR count). The molecular weight excluding hydrogens is 289 g/mol. The Bertz CT molecular complexity index is 804. The summed E-state index contributed by atoms with van der Waals surface area (Å²) in [7, 11) is 0. The summed E-state index contributed by atoms with van der Waals surface area (Å²) in [6.45, 7) is 0.266. The van der Waals surface area contributed by atoms with Gasteiger partial charge in [-0.2, -0.15) is 0 Å². The maximum absolute atomic E-state index is 13.4. The molecule has 3 aromatic carbocycles. The van der Waals surface area contributed by atoms with E-state index in [9.17, 15) is 4.39 Å². The van der Waals surface area contributed by atoms with Crippen LogP contribution >= 0.6 is 11.6 Å². The average Bonchev–Trinajstić information content (AvgIpc) is 2.50. The third kappa shape index (κ3) is 2.78. The van der Waals surface area contributed by atoms with E-state index in [0.717, 1.165) is 22.1 Å². The predicted octanol–water partition coefficient (Wildman–Crippen LogP) is 4.79. The summed E-state index contributed by atoms with van der Waals surface area (Å²) in [5.74, 6) is 0.273. The number of rotatable bonds is 3. The summed E-state index contributed by atoms with van der Waals surface area (Å²) in [6.07, 6.45) is 0. The molecule has 0 aliphatic rings. The zero-order valence-corrected chi connectivity index (χ0v) is 11.9. The molecule has 0 aliphatic carbocycles. The Kier molecular flexibility index (Phi) is 3.67. The van der Waals surface area contributed by atoms with Crippen molar-refractivity contribution in [3.05, 3.63) is 71.0 Å². The van der Waals surface area contributed by atoms with Crippen LogP contribution in [0.1, 0.15) is 5.56 Å². The molecule has 4 heteroatoms.